The van der Waals surface area contributed by atoms with Gasteiger partial charge in [-0.25, -0.2) is 4.79 Å². The normalized spacial score (nSPS) is 11.0. The third-order valence-corrected chi connectivity index (χ3v) is 5.11. The number of hydrogen-bond acceptors (Lipinski definition) is 8. The van der Waals surface area contributed by atoms with E-state index < -0.39 is 5.09 Å². The molecule has 2 rings (SSSR count). The second-order valence-corrected chi connectivity index (χ2v) is 7.36. The maximum atomic E-state index is 11.7. The monoisotopic (exact) mass is 397 g/mol. The third-order valence-electron chi connectivity index (χ3n) is 4.30. The molecule has 150 valence electrons. The van der Waals surface area contributed by atoms with Gasteiger partial charge in [0.15, 0.2) is 0 Å². The highest BCUT2D eigenvalue weighted by Gasteiger charge is 2.06. The third kappa shape index (κ3) is 8.38. The molecule has 0 saturated heterocycles. The number of fused-ring (bicyclic) bond motifs is 1. The Kier molecular flexibility index (Phi) is 9.61. The highest BCUT2D eigenvalue weighted by molar-refractivity contribution is 7.16. The summed E-state index contributed by atoms with van der Waals surface area (Å²) < 4.78 is 5.16. The first kappa shape index (κ1) is 21.1. The Balaban J connectivity index is 1.40. The molecule has 0 aliphatic rings. The second kappa shape index (κ2) is 12.3. The molecule has 0 amide bonds. The summed E-state index contributed by atoms with van der Waals surface area (Å²) in [5, 5.41) is 14.7. The molecule has 0 spiro atoms. The molecule has 9 heteroatoms. The van der Waals surface area contributed by atoms with Gasteiger partial charge in [-0.2, -0.15) is 4.98 Å². The van der Waals surface area contributed by atoms with E-state index in [9.17, 15) is 14.9 Å². The van der Waals surface area contributed by atoms with Crippen LogP contribution in [0.2, 0.25) is 0 Å². The molecule has 2 aromatic heterocycles. The minimum Gasteiger partial charge on any atom is -0.389 e. The Labute approximate surface area is 162 Å². The molecule has 0 aliphatic carbocycles. The van der Waals surface area contributed by atoms with Crippen LogP contribution in [0.5, 0.6) is 0 Å². The van der Waals surface area contributed by atoms with E-state index in [1.165, 1.54) is 43.4 Å². The lowest BCUT2D eigenvalue weighted by Crippen LogP contribution is -2.08. The summed E-state index contributed by atoms with van der Waals surface area (Å²) >= 11 is 1.43. The first-order valence-corrected chi connectivity index (χ1v) is 10.4. The summed E-state index contributed by atoms with van der Waals surface area (Å²) in [6, 6.07) is 2.03. The molecule has 2 heterocycles. The fourth-order valence-electron chi connectivity index (χ4n) is 2.85. The fraction of sp³-hybridized carbons (Fsp3) is 0.667. The van der Waals surface area contributed by atoms with Crippen molar-refractivity contribution in [2.45, 2.75) is 64.2 Å². The Bertz CT molecular complexity index is 746. The summed E-state index contributed by atoms with van der Waals surface area (Å²) in [4.78, 5) is 31.0. The summed E-state index contributed by atoms with van der Waals surface area (Å²) in [7, 11) is 0. The van der Waals surface area contributed by atoms with Crippen molar-refractivity contribution < 1.29 is 14.3 Å². The molecule has 0 radical (unpaired) electrons. The highest BCUT2D eigenvalue weighted by atomic mass is 32.1. The summed E-state index contributed by atoms with van der Waals surface area (Å²) in [5.74, 6) is 0. The van der Waals surface area contributed by atoms with Crippen molar-refractivity contribution >= 4 is 27.6 Å². The van der Waals surface area contributed by atoms with Crippen molar-refractivity contribution in [3.63, 3.8) is 0 Å². The average Bonchev–Trinajstić information content (AvgIpc) is 3.11. The van der Waals surface area contributed by atoms with Gasteiger partial charge in [-0.05, 0) is 24.3 Å². The zero-order valence-corrected chi connectivity index (χ0v) is 16.3. The quantitative estimate of drug-likeness (QED) is 0.262. The summed E-state index contributed by atoms with van der Waals surface area (Å²) in [6.45, 7) is 0.959. The van der Waals surface area contributed by atoms with Crippen LogP contribution in [0.15, 0.2) is 20.7 Å². The molecule has 2 aromatic rings. The lowest BCUT2D eigenvalue weighted by Gasteiger charge is -2.04. The van der Waals surface area contributed by atoms with Crippen LogP contribution in [0.1, 0.15) is 64.2 Å². The van der Waals surface area contributed by atoms with E-state index in [1.807, 2.05) is 5.38 Å². The number of rotatable bonds is 15. The number of unbranched alkanes of at least 4 members (excludes halogenated alkanes) is 9. The van der Waals surface area contributed by atoms with Gasteiger partial charge in [0.1, 0.15) is 4.83 Å². The lowest BCUT2D eigenvalue weighted by molar-refractivity contribution is -0.757. The van der Waals surface area contributed by atoms with E-state index in [0.717, 1.165) is 38.6 Å². The zero-order valence-electron chi connectivity index (χ0n) is 15.5. The van der Waals surface area contributed by atoms with Gasteiger partial charge < -0.3 is 14.6 Å². The van der Waals surface area contributed by atoms with Crippen molar-refractivity contribution in [3.8, 4) is 0 Å². The SMILES string of the molecule is O=c1oc(NCCCCCCCCCCCCO[N+](=O)[O-])nc2sccc12. The van der Waals surface area contributed by atoms with Crippen LogP contribution in [0.25, 0.3) is 10.2 Å². The molecule has 0 bridgehead atoms. The Hall–Kier alpha value is -2.16. The topological polar surface area (TPSA) is 108 Å². The van der Waals surface area contributed by atoms with E-state index in [1.54, 1.807) is 6.07 Å². The highest BCUT2D eigenvalue weighted by Crippen LogP contribution is 2.17. The van der Waals surface area contributed by atoms with E-state index in [-0.39, 0.29) is 12.2 Å². The average molecular weight is 397 g/mol. The van der Waals surface area contributed by atoms with Gasteiger partial charge in [-0.15, -0.1) is 21.5 Å². The van der Waals surface area contributed by atoms with Gasteiger partial charge in [0, 0.05) is 6.54 Å². The van der Waals surface area contributed by atoms with E-state index >= 15 is 0 Å². The second-order valence-electron chi connectivity index (χ2n) is 6.47. The van der Waals surface area contributed by atoms with Crippen molar-refractivity contribution in [3.05, 3.63) is 32.0 Å². The van der Waals surface area contributed by atoms with Crippen molar-refractivity contribution in [2.75, 3.05) is 18.5 Å². The number of anilines is 1. The molecule has 0 saturated carbocycles. The van der Waals surface area contributed by atoms with Crippen molar-refractivity contribution in [1.29, 1.82) is 0 Å². The van der Waals surface area contributed by atoms with Crippen molar-refractivity contribution in [1.82, 2.24) is 4.98 Å². The maximum Gasteiger partial charge on any atom is 0.349 e. The predicted molar refractivity (Wildman–Crippen MR) is 106 cm³/mol. The Morgan fingerprint density at radius 3 is 2.37 bits per heavy atom. The number of thiophene rings is 1. The number of nitrogens with zero attached hydrogens (tertiary/aromatic N) is 2. The van der Waals surface area contributed by atoms with Crippen LogP contribution < -0.4 is 10.9 Å². The van der Waals surface area contributed by atoms with Crippen molar-refractivity contribution in [2.24, 2.45) is 0 Å². The van der Waals surface area contributed by atoms with Gasteiger partial charge in [0.05, 0.1) is 12.0 Å². The lowest BCUT2D eigenvalue weighted by atomic mass is 10.1. The molecule has 8 nitrogen and oxygen atoms in total. The van der Waals surface area contributed by atoms with Gasteiger partial charge in [-0.1, -0.05) is 51.4 Å². The zero-order chi connectivity index (χ0) is 19.3. The molecule has 0 fully saturated rings. The largest absolute Gasteiger partial charge is 0.389 e. The fourth-order valence-corrected chi connectivity index (χ4v) is 3.60. The minimum absolute atomic E-state index is 0.209. The molecule has 27 heavy (non-hydrogen) atoms. The van der Waals surface area contributed by atoms with E-state index in [4.69, 9.17) is 4.42 Å². The standard InChI is InChI=1S/C18H27N3O5S/c22-17-15-11-14-27-16(15)20-18(26-17)19-12-9-7-5-3-1-2-4-6-8-10-13-25-21(23)24/h11,14H,1-10,12-13H2,(H,19,20). The maximum absolute atomic E-state index is 11.7. The summed E-state index contributed by atoms with van der Waals surface area (Å²) in [6.07, 6.45) is 11.0. The van der Waals surface area contributed by atoms with Gasteiger partial charge >= 0.3 is 5.63 Å². The Morgan fingerprint density at radius 2 is 1.70 bits per heavy atom. The molecule has 0 aromatic carbocycles. The van der Waals surface area contributed by atoms with Crippen LogP contribution in [-0.4, -0.2) is 23.2 Å². The number of aromatic nitrogens is 1. The predicted octanol–water partition coefficient (Wildman–Crippen LogP) is 4.77. The number of hydrogen-bond donors (Lipinski definition) is 1. The van der Waals surface area contributed by atoms with E-state index in [2.05, 4.69) is 15.1 Å². The molecule has 0 atom stereocenters. The first-order valence-electron chi connectivity index (χ1n) is 9.56. The molecular weight excluding hydrogens is 370 g/mol. The van der Waals surface area contributed by atoms with Gasteiger partial charge in [-0.3, -0.25) is 0 Å². The molecular formula is C18H27N3O5S. The Morgan fingerprint density at radius 1 is 1.07 bits per heavy atom. The van der Waals surface area contributed by atoms with Crippen LogP contribution in [0.3, 0.4) is 0 Å². The first-order chi connectivity index (χ1) is 13.2. The van der Waals surface area contributed by atoms with E-state index in [0.29, 0.717) is 16.2 Å². The van der Waals surface area contributed by atoms with Gasteiger partial charge in [0.25, 0.3) is 11.1 Å². The van der Waals surface area contributed by atoms with Crippen LogP contribution in [0.4, 0.5) is 6.01 Å². The number of nitrogens with one attached hydrogen (secondary N) is 1. The summed E-state index contributed by atoms with van der Waals surface area (Å²) in [5.41, 5.74) is -0.339. The molecule has 1 N–H and O–H groups in total. The molecule has 0 unspecified atom stereocenters. The minimum atomic E-state index is -0.732. The smallest absolute Gasteiger partial charge is 0.349 e. The van der Waals surface area contributed by atoms with Crippen LogP contribution in [-0.2, 0) is 4.84 Å². The van der Waals surface area contributed by atoms with Gasteiger partial charge in [0.2, 0.25) is 0 Å². The molecule has 0 aliphatic heterocycles. The van der Waals surface area contributed by atoms with Crippen LogP contribution >= 0.6 is 11.3 Å². The van der Waals surface area contributed by atoms with Crippen LogP contribution in [0, 0.1) is 10.1 Å².